The fraction of sp³-hybridized carbons (Fsp3) is 0.130. The van der Waals surface area contributed by atoms with Crippen molar-refractivity contribution in [3.63, 3.8) is 0 Å². The SMILES string of the molecule is Cc1cc2nc(CSc3nc4ccc(NC(=O)c5ccc6c(c5)OCO6)cc4s3)cc(=O)n2o1. The van der Waals surface area contributed by atoms with Crippen molar-refractivity contribution in [3.8, 4) is 11.5 Å². The number of nitrogens with one attached hydrogen (secondary N) is 1. The summed E-state index contributed by atoms with van der Waals surface area (Å²) in [7, 11) is 0. The van der Waals surface area contributed by atoms with Crippen molar-refractivity contribution in [2.75, 3.05) is 12.1 Å². The molecule has 0 saturated heterocycles. The second kappa shape index (κ2) is 8.19. The second-order valence-corrected chi connectivity index (χ2v) is 9.81. The largest absolute Gasteiger partial charge is 0.454 e. The number of rotatable bonds is 5. The monoisotopic (exact) mass is 492 g/mol. The highest BCUT2D eigenvalue weighted by molar-refractivity contribution is 8.00. The Morgan fingerprint density at radius 3 is 2.91 bits per heavy atom. The first-order valence-corrected chi connectivity index (χ1v) is 12.1. The zero-order valence-electron chi connectivity index (χ0n) is 17.7. The molecule has 0 atom stereocenters. The Morgan fingerprint density at radius 1 is 1.12 bits per heavy atom. The number of hydrogen-bond acceptors (Lipinski definition) is 9. The number of nitrogens with zero attached hydrogens (tertiary/aromatic N) is 3. The number of aryl methyl sites for hydroxylation is 1. The Bertz CT molecular complexity index is 1640. The number of carbonyl (C=O) groups is 1. The van der Waals surface area contributed by atoms with Gasteiger partial charge in [-0.3, -0.25) is 9.59 Å². The highest BCUT2D eigenvalue weighted by atomic mass is 32.2. The zero-order chi connectivity index (χ0) is 23.2. The third-order valence-corrected chi connectivity index (χ3v) is 7.32. The lowest BCUT2D eigenvalue weighted by Crippen LogP contribution is -2.12. The summed E-state index contributed by atoms with van der Waals surface area (Å²) in [5.74, 6) is 2.09. The number of fused-ring (bicyclic) bond motifs is 3. The summed E-state index contributed by atoms with van der Waals surface area (Å²) < 4.78 is 18.9. The molecule has 3 aromatic heterocycles. The molecule has 34 heavy (non-hydrogen) atoms. The topological polar surface area (TPSA) is 108 Å². The molecule has 170 valence electrons. The minimum atomic E-state index is -0.249. The van der Waals surface area contributed by atoms with E-state index in [1.165, 1.54) is 33.7 Å². The molecule has 0 aliphatic carbocycles. The number of anilines is 1. The van der Waals surface area contributed by atoms with E-state index in [-0.39, 0.29) is 18.3 Å². The smallest absolute Gasteiger partial charge is 0.287 e. The average Bonchev–Trinajstić information content (AvgIpc) is 3.54. The van der Waals surface area contributed by atoms with Crippen LogP contribution in [0.15, 0.2) is 62.2 Å². The third-order valence-electron chi connectivity index (χ3n) is 5.13. The van der Waals surface area contributed by atoms with Crippen LogP contribution in [0.25, 0.3) is 15.9 Å². The van der Waals surface area contributed by atoms with Crippen molar-refractivity contribution >= 4 is 50.6 Å². The van der Waals surface area contributed by atoms with Gasteiger partial charge < -0.3 is 19.3 Å². The van der Waals surface area contributed by atoms with E-state index >= 15 is 0 Å². The lowest BCUT2D eigenvalue weighted by Gasteiger charge is -2.06. The zero-order valence-corrected chi connectivity index (χ0v) is 19.4. The Labute approximate surface area is 200 Å². The molecule has 0 unspecified atom stereocenters. The first-order valence-electron chi connectivity index (χ1n) is 10.3. The Morgan fingerprint density at radius 2 is 2.00 bits per heavy atom. The summed E-state index contributed by atoms with van der Waals surface area (Å²) in [6, 6.07) is 13.9. The van der Waals surface area contributed by atoms with E-state index in [1.807, 2.05) is 18.2 Å². The fourth-order valence-electron chi connectivity index (χ4n) is 3.57. The van der Waals surface area contributed by atoms with Crippen molar-refractivity contribution < 1.29 is 18.8 Å². The van der Waals surface area contributed by atoms with Crippen LogP contribution in [0.4, 0.5) is 5.69 Å². The highest BCUT2D eigenvalue weighted by Gasteiger charge is 2.17. The van der Waals surface area contributed by atoms with Crippen LogP contribution in [-0.2, 0) is 5.75 Å². The summed E-state index contributed by atoms with van der Waals surface area (Å²) >= 11 is 3.02. The predicted molar refractivity (Wildman–Crippen MR) is 128 cm³/mol. The van der Waals surface area contributed by atoms with E-state index in [0.717, 1.165) is 14.6 Å². The van der Waals surface area contributed by atoms with Crippen molar-refractivity contribution in [1.82, 2.24) is 14.5 Å². The number of thiazole rings is 1. The number of benzene rings is 2. The van der Waals surface area contributed by atoms with Crippen molar-refractivity contribution in [1.29, 1.82) is 0 Å². The average molecular weight is 493 g/mol. The van der Waals surface area contributed by atoms with E-state index in [1.54, 1.807) is 31.2 Å². The van der Waals surface area contributed by atoms with Gasteiger partial charge in [-0.05, 0) is 43.3 Å². The maximum absolute atomic E-state index is 12.7. The Balaban J connectivity index is 1.17. The number of amides is 1. The van der Waals surface area contributed by atoms with Gasteiger partial charge in [0.05, 0.1) is 15.9 Å². The third kappa shape index (κ3) is 3.88. The molecule has 1 aliphatic rings. The molecular formula is C23H16N4O5S2. The van der Waals surface area contributed by atoms with E-state index in [0.29, 0.717) is 45.6 Å². The summed E-state index contributed by atoms with van der Waals surface area (Å²) in [6.07, 6.45) is 0. The molecule has 0 radical (unpaired) electrons. The predicted octanol–water partition coefficient (Wildman–Crippen LogP) is 4.48. The van der Waals surface area contributed by atoms with E-state index in [9.17, 15) is 9.59 Å². The van der Waals surface area contributed by atoms with Crippen molar-refractivity contribution in [3.05, 3.63) is 75.9 Å². The minimum absolute atomic E-state index is 0.160. The number of thioether (sulfide) groups is 1. The summed E-state index contributed by atoms with van der Waals surface area (Å²) in [6.45, 7) is 1.93. The lowest BCUT2D eigenvalue weighted by atomic mass is 10.2. The van der Waals surface area contributed by atoms with Crippen LogP contribution in [0, 0.1) is 6.92 Å². The lowest BCUT2D eigenvalue weighted by molar-refractivity contribution is 0.102. The van der Waals surface area contributed by atoms with E-state index < -0.39 is 0 Å². The standard InChI is InChI=1S/C23H16N4O5S2/c1-12-6-20-24-15(9-21(28)27(20)32-12)10-33-23-26-16-4-3-14(8-19(16)34-23)25-22(29)13-2-5-17-18(7-13)31-11-30-17/h2-9H,10-11H2,1H3,(H,25,29). The van der Waals surface area contributed by atoms with Gasteiger partial charge >= 0.3 is 0 Å². The van der Waals surface area contributed by atoms with Crippen LogP contribution in [-0.4, -0.2) is 27.2 Å². The normalized spacial score (nSPS) is 12.5. The van der Waals surface area contributed by atoms with Crippen LogP contribution in [0.1, 0.15) is 21.8 Å². The van der Waals surface area contributed by atoms with Gasteiger partial charge in [0.2, 0.25) is 6.79 Å². The van der Waals surface area contributed by atoms with Gasteiger partial charge in [-0.1, -0.05) is 11.8 Å². The first-order chi connectivity index (χ1) is 16.5. The van der Waals surface area contributed by atoms with Crippen LogP contribution < -0.4 is 20.3 Å². The van der Waals surface area contributed by atoms with Crippen LogP contribution >= 0.6 is 23.1 Å². The van der Waals surface area contributed by atoms with Gasteiger partial charge in [-0.15, -0.1) is 15.9 Å². The summed E-state index contributed by atoms with van der Waals surface area (Å²) in [5.41, 5.74) is 2.90. The molecule has 6 rings (SSSR count). The number of carbonyl (C=O) groups excluding carboxylic acids is 1. The maximum atomic E-state index is 12.7. The highest BCUT2D eigenvalue weighted by Crippen LogP contribution is 2.34. The Kier molecular flexibility index (Phi) is 5.00. The van der Waals surface area contributed by atoms with E-state index in [2.05, 4.69) is 15.3 Å². The van der Waals surface area contributed by atoms with Gasteiger partial charge in [0.1, 0.15) is 5.76 Å². The molecule has 11 heteroatoms. The molecule has 5 aromatic rings. The van der Waals surface area contributed by atoms with Crippen LogP contribution in [0.2, 0.25) is 0 Å². The fourth-order valence-corrected chi connectivity index (χ4v) is 5.57. The maximum Gasteiger partial charge on any atom is 0.287 e. The molecule has 1 N–H and O–H groups in total. The number of aromatic nitrogens is 3. The molecule has 9 nitrogen and oxygen atoms in total. The van der Waals surface area contributed by atoms with Gasteiger partial charge in [0, 0.05) is 29.1 Å². The van der Waals surface area contributed by atoms with E-state index in [4.69, 9.17) is 14.0 Å². The minimum Gasteiger partial charge on any atom is -0.454 e. The van der Waals surface area contributed by atoms with Crippen LogP contribution in [0.3, 0.4) is 0 Å². The molecule has 1 aliphatic heterocycles. The van der Waals surface area contributed by atoms with Gasteiger partial charge in [0.25, 0.3) is 11.5 Å². The molecular weight excluding hydrogens is 476 g/mol. The molecule has 0 saturated carbocycles. The summed E-state index contributed by atoms with van der Waals surface area (Å²) in [4.78, 5) is 34.0. The molecule has 2 aromatic carbocycles. The number of ether oxygens (including phenoxy) is 2. The van der Waals surface area contributed by atoms with Gasteiger partial charge in [-0.25, -0.2) is 9.97 Å². The second-order valence-electron chi connectivity index (χ2n) is 7.56. The van der Waals surface area contributed by atoms with Gasteiger partial charge in [-0.2, -0.15) is 0 Å². The van der Waals surface area contributed by atoms with Crippen molar-refractivity contribution in [2.24, 2.45) is 0 Å². The first kappa shape index (κ1) is 20.8. The van der Waals surface area contributed by atoms with Gasteiger partial charge in [0.15, 0.2) is 21.5 Å². The quantitative estimate of drug-likeness (QED) is 0.358. The molecule has 0 fully saturated rings. The van der Waals surface area contributed by atoms with Crippen LogP contribution in [0.5, 0.6) is 11.5 Å². The summed E-state index contributed by atoms with van der Waals surface area (Å²) in [5, 5.41) is 2.91. The Hall–Kier alpha value is -3.83. The molecule has 4 heterocycles. The molecule has 0 spiro atoms. The number of hydrogen-bond donors (Lipinski definition) is 1. The van der Waals surface area contributed by atoms with Crippen molar-refractivity contribution in [2.45, 2.75) is 17.0 Å². The molecule has 0 bridgehead atoms. The molecule has 1 amide bonds.